The van der Waals surface area contributed by atoms with Crippen LogP contribution in [0.2, 0.25) is 0 Å². The first-order chi connectivity index (χ1) is 12.5. The molecule has 1 fully saturated rings. The summed E-state index contributed by atoms with van der Waals surface area (Å²) < 4.78 is 5.89. The zero-order valence-electron chi connectivity index (χ0n) is 15.6. The van der Waals surface area contributed by atoms with Crippen molar-refractivity contribution in [3.8, 4) is 5.75 Å². The van der Waals surface area contributed by atoms with Crippen molar-refractivity contribution in [2.45, 2.75) is 45.3 Å². The van der Waals surface area contributed by atoms with Crippen molar-refractivity contribution in [2.75, 3.05) is 6.54 Å². The third kappa shape index (κ3) is 4.85. The second-order valence-corrected chi connectivity index (χ2v) is 7.55. The largest absolute Gasteiger partial charge is 0.489 e. The molecule has 1 saturated carbocycles. The van der Waals surface area contributed by atoms with Gasteiger partial charge in [0.2, 0.25) is 5.91 Å². The molecule has 4 heteroatoms. The summed E-state index contributed by atoms with van der Waals surface area (Å²) in [7, 11) is 0. The number of ether oxygens (including phenoxy) is 1. The zero-order valence-corrected chi connectivity index (χ0v) is 15.6. The average molecular weight is 352 g/mol. The monoisotopic (exact) mass is 352 g/mol. The summed E-state index contributed by atoms with van der Waals surface area (Å²) in [5, 5.41) is 3.13. The van der Waals surface area contributed by atoms with Gasteiger partial charge in [0.05, 0.1) is 12.0 Å². The Morgan fingerprint density at radius 3 is 2.62 bits per heavy atom. The number of hydrogen-bond acceptors (Lipinski definition) is 3. The molecule has 1 amide bonds. The standard InChI is InChI=1S/C22H28N2O2/c1-16-5-3-7-18(11-16)14-26-20-8-4-6-17(12-20)13-21(25)24-22(2,15-23)19-9-10-19/h3-8,11-12,19H,9-10,13-15,23H2,1-2H3,(H,24,25). The molecule has 1 aliphatic carbocycles. The minimum Gasteiger partial charge on any atom is -0.489 e. The van der Waals surface area contributed by atoms with E-state index in [9.17, 15) is 4.79 Å². The van der Waals surface area contributed by atoms with Crippen molar-refractivity contribution in [3.05, 3.63) is 65.2 Å². The van der Waals surface area contributed by atoms with Crippen molar-refractivity contribution in [3.63, 3.8) is 0 Å². The lowest BCUT2D eigenvalue weighted by Crippen LogP contribution is -2.53. The molecule has 1 unspecified atom stereocenters. The Kier molecular flexibility index (Phi) is 5.62. The van der Waals surface area contributed by atoms with Crippen LogP contribution in [-0.2, 0) is 17.8 Å². The first kappa shape index (κ1) is 18.5. The van der Waals surface area contributed by atoms with Gasteiger partial charge in [-0.3, -0.25) is 4.79 Å². The molecule has 138 valence electrons. The Hall–Kier alpha value is -2.33. The average Bonchev–Trinajstić information content (AvgIpc) is 3.46. The van der Waals surface area contributed by atoms with Crippen molar-refractivity contribution in [1.82, 2.24) is 5.32 Å². The van der Waals surface area contributed by atoms with Crippen LogP contribution in [0.5, 0.6) is 5.75 Å². The van der Waals surface area contributed by atoms with E-state index >= 15 is 0 Å². The summed E-state index contributed by atoms with van der Waals surface area (Å²) >= 11 is 0. The molecule has 2 aromatic rings. The van der Waals surface area contributed by atoms with Crippen LogP contribution < -0.4 is 15.8 Å². The SMILES string of the molecule is Cc1cccc(COc2cccc(CC(=O)NC(C)(CN)C3CC3)c2)c1. The molecule has 0 saturated heterocycles. The number of nitrogens with two attached hydrogens (primary N) is 1. The molecule has 26 heavy (non-hydrogen) atoms. The summed E-state index contributed by atoms with van der Waals surface area (Å²) in [4.78, 5) is 12.4. The van der Waals surface area contributed by atoms with Crippen LogP contribution in [0, 0.1) is 12.8 Å². The minimum absolute atomic E-state index is 0.0145. The minimum atomic E-state index is -0.281. The zero-order chi connectivity index (χ0) is 18.6. The van der Waals surface area contributed by atoms with Gasteiger partial charge < -0.3 is 15.8 Å². The van der Waals surface area contributed by atoms with Gasteiger partial charge in [-0.05, 0) is 55.9 Å². The van der Waals surface area contributed by atoms with Crippen LogP contribution in [0.25, 0.3) is 0 Å². The number of rotatable bonds is 8. The molecular formula is C22H28N2O2. The summed E-state index contributed by atoms with van der Waals surface area (Å²) in [5.74, 6) is 1.31. The third-order valence-corrected chi connectivity index (χ3v) is 5.08. The van der Waals surface area contributed by atoms with Gasteiger partial charge in [-0.2, -0.15) is 0 Å². The van der Waals surface area contributed by atoms with Crippen LogP contribution in [0.15, 0.2) is 48.5 Å². The summed E-state index contributed by atoms with van der Waals surface area (Å²) in [6.07, 6.45) is 2.64. The summed E-state index contributed by atoms with van der Waals surface area (Å²) in [6.45, 7) is 5.11. The lowest BCUT2D eigenvalue weighted by Gasteiger charge is -2.29. The number of carbonyl (C=O) groups excluding carboxylic acids is 1. The Morgan fingerprint density at radius 2 is 1.92 bits per heavy atom. The van der Waals surface area contributed by atoms with E-state index in [-0.39, 0.29) is 11.4 Å². The molecule has 0 bridgehead atoms. The highest BCUT2D eigenvalue weighted by Gasteiger charge is 2.41. The lowest BCUT2D eigenvalue weighted by molar-refractivity contribution is -0.122. The molecule has 0 spiro atoms. The van der Waals surface area contributed by atoms with Crippen molar-refractivity contribution in [1.29, 1.82) is 0 Å². The van der Waals surface area contributed by atoms with Crippen molar-refractivity contribution >= 4 is 5.91 Å². The van der Waals surface area contributed by atoms with Crippen LogP contribution in [0.3, 0.4) is 0 Å². The lowest BCUT2D eigenvalue weighted by atomic mass is 9.95. The second kappa shape index (κ2) is 7.92. The number of aryl methyl sites for hydroxylation is 1. The van der Waals surface area contributed by atoms with Gasteiger partial charge in [-0.25, -0.2) is 0 Å². The summed E-state index contributed by atoms with van der Waals surface area (Å²) in [5.41, 5.74) is 8.90. The van der Waals surface area contributed by atoms with E-state index in [4.69, 9.17) is 10.5 Å². The molecule has 1 atom stereocenters. The van der Waals surface area contributed by atoms with E-state index in [0.717, 1.165) is 29.7 Å². The fourth-order valence-electron chi connectivity index (χ4n) is 3.30. The van der Waals surface area contributed by atoms with Gasteiger partial charge in [0.15, 0.2) is 0 Å². The van der Waals surface area contributed by atoms with Gasteiger partial charge in [0, 0.05) is 6.54 Å². The highest BCUT2D eigenvalue weighted by molar-refractivity contribution is 5.79. The predicted octanol–water partition coefficient (Wildman–Crippen LogP) is 3.36. The molecule has 0 radical (unpaired) electrons. The maximum absolute atomic E-state index is 12.4. The van der Waals surface area contributed by atoms with Crippen LogP contribution in [-0.4, -0.2) is 18.0 Å². The molecule has 3 N–H and O–H groups in total. The van der Waals surface area contributed by atoms with E-state index in [0.29, 0.717) is 25.5 Å². The molecular weight excluding hydrogens is 324 g/mol. The normalized spacial score (nSPS) is 16.0. The summed E-state index contributed by atoms with van der Waals surface area (Å²) in [6, 6.07) is 16.0. The maximum Gasteiger partial charge on any atom is 0.224 e. The molecule has 0 heterocycles. The van der Waals surface area contributed by atoms with Crippen LogP contribution >= 0.6 is 0 Å². The maximum atomic E-state index is 12.4. The molecule has 1 aliphatic rings. The Bertz CT molecular complexity index is 770. The Balaban J connectivity index is 1.57. The molecule has 0 aromatic heterocycles. The van der Waals surface area contributed by atoms with E-state index in [2.05, 4.69) is 30.4 Å². The van der Waals surface area contributed by atoms with Gasteiger partial charge in [-0.15, -0.1) is 0 Å². The number of amides is 1. The fraction of sp³-hybridized carbons (Fsp3) is 0.409. The topological polar surface area (TPSA) is 64.3 Å². The number of benzene rings is 2. The highest BCUT2D eigenvalue weighted by Crippen LogP contribution is 2.39. The van der Waals surface area contributed by atoms with Crippen LogP contribution in [0.1, 0.15) is 36.5 Å². The van der Waals surface area contributed by atoms with Crippen molar-refractivity contribution in [2.24, 2.45) is 11.7 Å². The van der Waals surface area contributed by atoms with Gasteiger partial charge in [-0.1, -0.05) is 42.0 Å². The number of carbonyl (C=O) groups is 1. The van der Waals surface area contributed by atoms with Gasteiger partial charge in [0.1, 0.15) is 12.4 Å². The molecule has 4 nitrogen and oxygen atoms in total. The first-order valence-electron chi connectivity index (χ1n) is 9.27. The quantitative estimate of drug-likeness (QED) is 0.766. The van der Waals surface area contributed by atoms with Crippen LogP contribution in [0.4, 0.5) is 0 Å². The van der Waals surface area contributed by atoms with E-state index < -0.39 is 0 Å². The molecule has 2 aromatic carbocycles. The number of nitrogens with one attached hydrogen (secondary N) is 1. The van der Waals surface area contributed by atoms with E-state index in [1.54, 1.807) is 0 Å². The number of hydrogen-bond donors (Lipinski definition) is 2. The van der Waals surface area contributed by atoms with Gasteiger partial charge in [0.25, 0.3) is 0 Å². The third-order valence-electron chi connectivity index (χ3n) is 5.08. The predicted molar refractivity (Wildman–Crippen MR) is 104 cm³/mol. The second-order valence-electron chi connectivity index (χ2n) is 7.55. The fourth-order valence-corrected chi connectivity index (χ4v) is 3.30. The van der Waals surface area contributed by atoms with Gasteiger partial charge >= 0.3 is 0 Å². The molecule has 0 aliphatic heterocycles. The Labute approximate surface area is 155 Å². The first-order valence-corrected chi connectivity index (χ1v) is 9.27. The highest BCUT2D eigenvalue weighted by atomic mass is 16.5. The van der Waals surface area contributed by atoms with E-state index in [1.165, 1.54) is 5.56 Å². The smallest absolute Gasteiger partial charge is 0.224 e. The van der Waals surface area contributed by atoms with E-state index in [1.807, 2.05) is 37.3 Å². The molecule has 3 rings (SSSR count). The Morgan fingerprint density at radius 1 is 1.19 bits per heavy atom. The van der Waals surface area contributed by atoms with Crippen molar-refractivity contribution < 1.29 is 9.53 Å².